The molecule has 35 heavy (non-hydrogen) atoms. The maximum Gasteiger partial charge on any atom is 0.573 e. The van der Waals surface area contributed by atoms with Crippen molar-refractivity contribution in [3.05, 3.63) is 49.1 Å². The monoisotopic (exact) mass is 525 g/mol. The smallest absolute Gasteiger partial charge is 0.475 e. The average Bonchev–Trinajstić information content (AvgIpc) is 2.76. The molecule has 2 rings (SSSR count). The SMILES string of the molecule is [2H]C([2H])([2H])C([2H])([2H])c1cc(OC(F)(F)F)cc2c1O[C@H](C(F)(F)F)C(C(=O)OC(CO[N+](=O)[O-])CO[N+](=O)[O-])=C2. The zero-order valence-corrected chi connectivity index (χ0v) is 16.5. The fourth-order valence-corrected chi connectivity index (χ4v) is 2.61. The van der Waals surface area contributed by atoms with Gasteiger partial charge in [-0.05, 0) is 30.1 Å². The molecule has 1 aliphatic rings. The number of ether oxygens (including phenoxy) is 3. The first-order chi connectivity index (χ1) is 18.0. The summed E-state index contributed by atoms with van der Waals surface area (Å²) in [5.41, 5.74) is -3.74. The van der Waals surface area contributed by atoms with E-state index in [0.29, 0.717) is 6.07 Å². The summed E-state index contributed by atoms with van der Waals surface area (Å²) in [7, 11) is 0. The van der Waals surface area contributed by atoms with Crippen LogP contribution in [0, 0.1) is 20.2 Å². The van der Waals surface area contributed by atoms with Crippen molar-refractivity contribution in [2.75, 3.05) is 13.2 Å². The summed E-state index contributed by atoms with van der Waals surface area (Å²) in [4.78, 5) is 41.1. The molecular formula is C17H14F6N2O10. The quantitative estimate of drug-likeness (QED) is 0.193. The summed E-state index contributed by atoms with van der Waals surface area (Å²) < 4.78 is 131. The molecular weight excluding hydrogens is 506 g/mol. The van der Waals surface area contributed by atoms with Gasteiger partial charge in [-0.15, -0.1) is 33.4 Å². The van der Waals surface area contributed by atoms with Gasteiger partial charge < -0.3 is 23.9 Å². The van der Waals surface area contributed by atoms with Gasteiger partial charge in [-0.2, -0.15) is 13.2 Å². The van der Waals surface area contributed by atoms with Gasteiger partial charge in [-0.3, -0.25) is 0 Å². The summed E-state index contributed by atoms with van der Waals surface area (Å²) in [5.74, 6) is -4.53. The van der Waals surface area contributed by atoms with Crippen LogP contribution in [-0.2, 0) is 25.6 Å². The zero-order valence-electron chi connectivity index (χ0n) is 21.5. The van der Waals surface area contributed by atoms with E-state index in [0.717, 1.165) is 0 Å². The summed E-state index contributed by atoms with van der Waals surface area (Å²) >= 11 is 0. The summed E-state index contributed by atoms with van der Waals surface area (Å²) in [6.07, 6.45) is -19.8. The van der Waals surface area contributed by atoms with Crippen LogP contribution in [0.25, 0.3) is 6.08 Å². The lowest BCUT2D eigenvalue weighted by Gasteiger charge is -2.30. The Morgan fingerprint density at radius 2 is 1.77 bits per heavy atom. The third-order valence-corrected chi connectivity index (χ3v) is 3.83. The minimum Gasteiger partial charge on any atom is -0.475 e. The van der Waals surface area contributed by atoms with Crippen molar-refractivity contribution in [1.29, 1.82) is 0 Å². The van der Waals surface area contributed by atoms with Gasteiger partial charge in [0, 0.05) is 12.4 Å². The van der Waals surface area contributed by atoms with Gasteiger partial charge in [0.05, 0.1) is 5.57 Å². The highest BCUT2D eigenvalue weighted by Crippen LogP contribution is 2.42. The van der Waals surface area contributed by atoms with Crippen molar-refractivity contribution in [3.63, 3.8) is 0 Å². The number of hydrogen-bond acceptors (Lipinski definition) is 10. The van der Waals surface area contributed by atoms with E-state index in [9.17, 15) is 51.4 Å². The van der Waals surface area contributed by atoms with Gasteiger partial charge in [0.1, 0.15) is 30.8 Å². The number of alkyl halides is 6. The van der Waals surface area contributed by atoms with Crippen molar-refractivity contribution < 1.29 is 72.0 Å². The van der Waals surface area contributed by atoms with Crippen LogP contribution in [0.3, 0.4) is 0 Å². The number of benzene rings is 1. The summed E-state index contributed by atoms with van der Waals surface area (Å²) in [6.45, 7) is -6.18. The molecule has 0 amide bonds. The molecule has 1 aliphatic heterocycles. The molecule has 1 atom stereocenters. The van der Waals surface area contributed by atoms with Crippen LogP contribution in [0.2, 0.25) is 0 Å². The van der Waals surface area contributed by atoms with Crippen molar-refractivity contribution >= 4 is 12.0 Å². The van der Waals surface area contributed by atoms with Crippen LogP contribution in [0.5, 0.6) is 11.5 Å². The molecule has 0 aromatic heterocycles. The van der Waals surface area contributed by atoms with Crippen LogP contribution in [0.4, 0.5) is 26.3 Å². The molecule has 0 N–H and O–H groups in total. The molecule has 18 heteroatoms. The van der Waals surface area contributed by atoms with Gasteiger partial charge in [0.2, 0.25) is 6.10 Å². The Morgan fingerprint density at radius 3 is 2.26 bits per heavy atom. The maximum absolute atomic E-state index is 13.9. The molecule has 0 spiro atoms. The van der Waals surface area contributed by atoms with Gasteiger partial charge in [-0.25, -0.2) is 4.79 Å². The normalized spacial score (nSPS) is 18.3. The molecule has 1 aromatic carbocycles. The predicted octanol–water partition coefficient (Wildman–Crippen LogP) is 3.18. The number of carbonyl (C=O) groups is 1. The number of aryl methyl sites for hydroxylation is 1. The van der Waals surface area contributed by atoms with E-state index < -0.39 is 95.5 Å². The van der Waals surface area contributed by atoms with E-state index in [-0.39, 0.29) is 12.1 Å². The largest absolute Gasteiger partial charge is 0.573 e. The lowest BCUT2D eigenvalue weighted by Crippen LogP contribution is -2.42. The number of carbonyl (C=O) groups excluding carboxylic acids is 1. The summed E-state index contributed by atoms with van der Waals surface area (Å²) in [6, 6.07) is 0.508. The molecule has 0 saturated heterocycles. The predicted molar refractivity (Wildman–Crippen MR) is 96.7 cm³/mol. The molecule has 0 fully saturated rings. The first-order valence-corrected chi connectivity index (χ1v) is 8.67. The van der Waals surface area contributed by atoms with E-state index in [2.05, 4.69) is 19.1 Å². The molecule has 0 aliphatic carbocycles. The zero-order chi connectivity index (χ0) is 30.8. The van der Waals surface area contributed by atoms with Crippen LogP contribution < -0.4 is 9.47 Å². The van der Waals surface area contributed by atoms with Gasteiger partial charge in [-0.1, -0.05) is 6.85 Å². The number of halogens is 6. The van der Waals surface area contributed by atoms with Crippen LogP contribution >= 0.6 is 0 Å². The maximum atomic E-state index is 13.9. The lowest BCUT2D eigenvalue weighted by molar-refractivity contribution is -0.768. The van der Waals surface area contributed by atoms with Crippen molar-refractivity contribution in [3.8, 4) is 11.5 Å². The Balaban J connectivity index is 2.68. The van der Waals surface area contributed by atoms with Crippen LogP contribution in [-0.4, -0.2) is 54.1 Å². The van der Waals surface area contributed by atoms with Crippen LogP contribution in [0.1, 0.15) is 24.8 Å². The van der Waals surface area contributed by atoms with Crippen molar-refractivity contribution in [2.45, 2.75) is 38.0 Å². The Labute approximate surface area is 197 Å². The second-order valence-corrected chi connectivity index (χ2v) is 6.27. The molecule has 12 nitrogen and oxygen atoms in total. The van der Waals surface area contributed by atoms with E-state index in [1.807, 2.05) is 0 Å². The highest BCUT2D eigenvalue weighted by Gasteiger charge is 2.49. The van der Waals surface area contributed by atoms with Crippen molar-refractivity contribution in [2.24, 2.45) is 0 Å². The molecule has 1 aromatic rings. The first-order valence-electron chi connectivity index (χ1n) is 11.2. The van der Waals surface area contributed by atoms with Gasteiger partial charge >= 0.3 is 18.5 Å². The minimum absolute atomic E-state index is 0.156. The van der Waals surface area contributed by atoms with Crippen LogP contribution in [0.15, 0.2) is 17.7 Å². The number of esters is 1. The van der Waals surface area contributed by atoms with Crippen molar-refractivity contribution in [1.82, 2.24) is 0 Å². The lowest BCUT2D eigenvalue weighted by atomic mass is 9.97. The standard InChI is InChI=1S/C17H14F6N2O10/c1-2-8-3-10(35-17(21,22)23)4-9-5-12(14(16(18,19)20)34-13(8)9)15(26)33-11(6-31-24(27)28)7-32-25(29)30/h3-5,11,14H,2,6-7H2,1H3/t14-/m0/s1/i1D3,2D2. The minimum atomic E-state index is -5.53. The van der Waals surface area contributed by atoms with E-state index in [1.165, 1.54) is 0 Å². The topological polar surface area (TPSA) is 150 Å². The molecule has 0 saturated carbocycles. The number of hydrogen-bond donors (Lipinski definition) is 0. The molecule has 0 bridgehead atoms. The molecule has 1 heterocycles. The third-order valence-electron chi connectivity index (χ3n) is 3.83. The highest BCUT2D eigenvalue weighted by molar-refractivity contribution is 5.96. The molecule has 0 unspecified atom stereocenters. The Hall–Kier alpha value is -3.99. The van der Waals surface area contributed by atoms with Gasteiger partial charge in [0.25, 0.3) is 10.2 Å². The Kier molecular flexibility index (Phi) is 6.13. The highest BCUT2D eigenvalue weighted by atomic mass is 19.4. The molecule has 0 radical (unpaired) electrons. The summed E-state index contributed by atoms with van der Waals surface area (Å²) in [5, 5.41) is 17.9. The fourth-order valence-electron chi connectivity index (χ4n) is 2.61. The fraction of sp³-hybridized carbons (Fsp3) is 0.471. The Morgan fingerprint density at radius 1 is 1.17 bits per heavy atom. The Bertz CT molecular complexity index is 1170. The third kappa shape index (κ3) is 7.78. The van der Waals surface area contributed by atoms with E-state index in [1.54, 1.807) is 0 Å². The first kappa shape index (κ1) is 20.4. The second kappa shape index (κ2) is 10.5. The number of nitrogens with zero attached hydrogens (tertiary/aromatic N) is 2. The van der Waals surface area contributed by atoms with E-state index >= 15 is 0 Å². The molecule has 194 valence electrons. The van der Waals surface area contributed by atoms with Gasteiger partial charge in [0.15, 0.2) is 0 Å². The van der Waals surface area contributed by atoms with E-state index in [4.69, 9.17) is 11.6 Å². The second-order valence-electron chi connectivity index (χ2n) is 6.27. The number of fused-ring (bicyclic) bond motifs is 1. The number of rotatable bonds is 10. The average molecular weight is 525 g/mol.